The van der Waals surface area contributed by atoms with E-state index < -0.39 is 5.82 Å². The first-order valence-corrected chi connectivity index (χ1v) is 7.95. The maximum absolute atomic E-state index is 13.5. The van der Waals surface area contributed by atoms with E-state index in [1.807, 2.05) is 13.0 Å². The van der Waals surface area contributed by atoms with Gasteiger partial charge < -0.3 is 15.8 Å². The molecule has 0 saturated heterocycles. The number of nitrogens with zero attached hydrogens (tertiary/aromatic N) is 2. The number of methoxy groups -OCH3 is 1. The van der Waals surface area contributed by atoms with Gasteiger partial charge in [0.25, 0.3) is 5.91 Å². The van der Waals surface area contributed by atoms with Crippen LogP contribution >= 0.6 is 0 Å². The Morgan fingerprint density at radius 1 is 1.36 bits per heavy atom. The van der Waals surface area contributed by atoms with Gasteiger partial charge in [0.05, 0.1) is 7.11 Å². The maximum atomic E-state index is 13.5. The molecule has 0 aliphatic heterocycles. The van der Waals surface area contributed by atoms with Gasteiger partial charge in [-0.05, 0) is 30.7 Å². The van der Waals surface area contributed by atoms with Crippen LogP contribution < -0.4 is 15.8 Å². The normalized spacial score (nSPS) is 10.8. The van der Waals surface area contributed by atoms with E-state index in [-0.39, 0.29) is 17.4 Å². The number of ether oxygens (including phenoxy) is 1. The molecule has 7 heteroatoms. The average Bonchev–Trinajstić information content (AvgIpc) is 2.97. The van der Waals surface area contributed by atoms with Crippen LogP contribution in [0.3, 0.4) is 0 Å². The lowest BCUT2D eigenvalue weighted by atomic mass is 10.1. The molecule has 0 spiro atoms. The van der Waals surface area contributed by atoms with Crippen molar-refractivity contribution in [1.29, 1.82) is 0 Å². The number of aromatic nitrogens is 2. The fourth-order valence-electron chi connectivity index (χ4n) is 2.67. The minimum absolute atomic E-state index is 0.168. The van der Waals surface area contributed by atoms with Crippen LogP contribution in [0.4, 0.5) is 10.2 Å². The van der Waals surface area contributed by atoms with E-state index in [4.69, 9.17) is 10.5 Å². The molecule has 0 saturated carbocycles. The summed E-state index contributed by atoms with van der Waals surface area (Å²) >= 11 is 0. The van der Waals surface area contributed by atoms with Crippen molar-refractivity contribution in [3.63, 3.8) is 0 Å². The van der Waals surface area contributed by atoms with Crippen LogP contribution in [0.5, 0.6) is 5.75 Å². The van der Waals surface area contributed by atoms with E-state index >= 15 is 0 Å². The van der Waals surface area contributed by atoms with Crippen LogP contribution in [-0.4, -0.2) is 28.9 Å². The Hall–Kier alpha value is -3.09. The van der Waals surface area contributed by atoms with Crippen molar-refractivity contribution < 1.29 is 13.9 Å². The fourth-order valence-corrected chi connectivity index (χ4v) is 2.67. The Labute approximate surface area is 144 Å². The number of fused-ring (bicyclic) bond motifs is 1. The third-order valence-electron chi connectivity index (χ3n) is 3.89. The number of pyridine rings is 1. The Bertz CT molecular complexity index is 936. The van der Waals surface area contributed by atoms with Crippen LogP contribution in [0, 0.1) is 5.82 Å². The van der Waals surface area contributed by atoms with Gasteiger partial charge in [0.15, 0.2) is 5.69 Å². The molecule has 0 bridgehead atoms. The molecule has 0 fully saturated rings. The van der Waals surface area contributed by atoms with Crippen molar-refractivity contribution in [3.05, 3.63) is 48.0 Å². The molecule has 6 nitrogen and oxygen atoms in total. The van der Waals surface area contributed by atoms with E-state index in [2.05, 4.69) is 10.3 Å². The number of nitrogen functional groups attached to an aromatic ring is 1. The zero-order chi connectivity index (χ0) is 18.0. The van der Waals surface area contributed by atoms with E-state index in [9.17, 15) is 9.18 Å². The molecule has 3 N–H and O–H groups in total. The van der Waals surface area contributed by atoms with Gasteiger partial charge in [0.1, 0.15) is 23.0 Å². The van der Waals surface area contributed by atoms with Crippen LogP contribution in [0.25, 0.3) is 16.8 Å². The molecule has 1 amide bonds. The highest BCUT2D eigenvalue weighted by atomic mass is 19.1. The molecule has 0 aliphatic rings. The highest BCUT2D eigenvalue weighted by molar-refractivity contribution is 5.99. The van der Waals surface area contributed by atoms with Crippen LogP contribution in [0.1, 0.15) is 23.8 Å². The molecule has 0 radical (unpaired) electrons. The number of anilines is 1. The van der Waals surface area contributed by atoms with Crippen LogP contribution in [0.2, 0.25) is 0 Å². The maximum Gasteiger partial charge on any atom is 0.273 e. The lowest BCUT2D eigenvalue weighted by molar-refractivity contribution is 0.0950. The van der Waals surface area contributed by atoms with Crippen molar-refractivity contribution in [2.24, 2.45) is 0 Å². The third kappa shape index (κ3) is 3.00. The first-order valence-electron chi connectivity index (χ1n) is 7.95. The molecule has 0 unspecified atom stereocenters. The summed E-state index contributed by atoms with van der Waals surface area (Å²) in [4.78, 5) is 16.7. The Morgan fingerprint density at radius 2 is 2.16 bits per heavy atom. The van der Waals surface area contributed by atoms with Crippen molar-refractivity contribution in [2.75, 3.05) is 19.4 Å². The number of imidazole rings is 1. The largest absolute Gasteiger partial charge is 0.496 e. The quantitative estimate of drug-likeness (QED) is 0.747. The Balaban J connectivity index is 2.17. The number of carbonyl (C=O) groups is 1. The molecular formula is C18H19FN4O2. The summed E-state index contributed by atoms with van der Waals surface area (Å²) < 4.78 is 20.4. The molecule has 0 aliphatic carbocycles. The topological polar surface area (TPSA) is 81.6 Å². The molecule has 3 rings (SSSR count). The summed E-state index contributed by atoms with van der Waals surface area (Å²) in [5.41, 5.74) is 8.14. The van der Waals surface area contributed by atoms with Gasteiger partial charge in [0.2, 0.25) is 0 Å². The lowest BCUT2D eigenvalue weighted by Gasteiger charge is -2.09. The second-order valence-electron chi connectivity index (χ2n) is 5.56. The molecule has 130 valence electrons. The van der Waals surface area contributed by atoms with E-state index in [1.54, 1.807) is 22.7 Å². The average molecular weight is 342 g/mol. The van der Waals surface area contributed by atoms with Crippen LogP contribution in [-0.2, 0) is 0 Å². The van der Waals surface area contributed by atoms with Crippen LogP contribution in [0.15, 0.2) is 36.5 Å². The molecule has 1 aromatic carbocycles. The highest BCUT2D eigenvalue weighted by Crippen LogP contribution is 2.34. The number of carbonyl (C=O) groups excluding carboxylic acids is 1. The number of amides is 1. The van der Waals surface area contributed by atoms with Crippen molar-refractivity contribution in [2.45, 2.75) is 13.3 Å². The minimum Gasteiger partial charge on any atom is -0.496 e. The van der Waals surface area contributed by atoms with Gasteiger partial charge in [-0.1, -0.05) is 6.92 Å². The summed E-state index contributed by atoms with van der Waals surface area (Å²) in [5, 5.41) is 2.77. The smallest absolute Gasteiger partial charge is 0.273 e. The fraction of sp³-hybridized carbons (Fsp3) is 0.222. The monoisotopic (exact) mass is 342 g/mol. The van der Waals surface area contributed by atoms with Gasteiger partial charge in [-0.3, -0.25) is 9.20 Å². The first-order chi connectivity index (χ1) is 12.1. The summed E-state index contributed by atoms with van der Waals surface area (Å²) in [5.74, 6) is -0.0756. The van der Waals surface area contributed by atoms with Gasteiger partial charge >= 0.3 is 0 Å². The van der Waals surface area contributed by atoms with E-state index in [0.29, 0.717) is 29.1 Å². The number of nitrogens with one attached hydrogen (secondary N) is 1. The van der Waals surface area contributed by atoms with Gasteiger partial charge in [-0.2, -0.15) is 0 Å². The predicted octanol–water partition coefficient (Wildman–Crippen LogP) is 2.87. The van der Waals surface area contributed by atoms with Crippen molar-refractivity contribution >= 4 is 17.4 Å². The molecule has 2 aromatic heterocycles. The zero-order valence-corrected chi connectivity index (χ0v) is 14.0. The molecule has 2 heterocycles. The van der Waals surface area contributed by atoms with E-state index in [0.717, 1.165) is 6.42 Å². The van der Waals surface area contributed by atoms with Crippen molar-refractivity contribution in [1.82, 2.24) is 14.7 Å². The van der Waals surface area contributed by atoms with E-state index in [1.165, 1.54) is 19.2 Å². The summed E-state index contributed by atoms with van der Waals surface area (Å²) in [7, 11) is 1.47. The Morgan fingerprint density at radius 3 is 2.88 bits per heavy atom. The van der Waals surface area contributed by atoms with Gasteiger partial charge in [0, 0.05) is 29.9 Å². The second kappa shape index (κ2) is 6.80. The molecule has 0 atom stereocenters. The number of hydrogen-bond donors (Lipinski definition) is 2. The second-order valence-corrected chi connectivity index (χ2v) is 5.56. The van der Waals surface area contributed by atoms with Crippen molar-refractivity contribution in [3.8, 4) is 16.9 Å². The minimum atomic E-state index is -0.393. The molecule has 25 heavy (non-hydrogen) atoms. The standard InChI is InChI=1S/C18H19FN4O2/c1-3-8-21-18(24)15-16(20)23-9-4-5-13(17(23)22-15)12-7-6-11(19)10-14(12)25-2/h4-7,9-10H,3,8,20H2,1-2H3,(H,21,24). The SMILES string of the molecule is CCCNC(=O)c1nc2c(-c3ccc(F)cc3OC)cccn2c1N. The number of nitrogens with two attached hydrogens (primary N) is 1. The number of halogens is 1. The summed E-state index contributed by atoms with van der Waals surface area (Å²) in [6.07, 6.45) is 2.55. The number of hydrogen-bond acceptors (Lipinski definition) is 4. The molecular weight excluding hydrogens is 323 g/mol. The number of benzene rings is 1. The zero-order valence-electron chi connectivity index (χ0n) is 14.0. The first kappa shape index (κ1) is 16.8. The number of rotatable bonds is 5. The third-order valence-corrected chi connectivity index (χ3v) is 3.89. The predicted molar refractivity (Wildman–Crippen MR) is 94.2 cm³/mol. The summed E-state index contributed by atoms with van der Waals surface area (Å²) in [6, 6.07) is 7.88. The highest BCUT2D eigenvalue weighted by Gasteiger charge is 2.20. The Kier molecular flexibility index (Phi) is 4.56. The van der Waals surface area contributed by atoms with Gasteiger partial charge in [-0.25, -0.2) is 9.37 Å². The molecule has 3 aromatic rings. The van der Waals surface area contributed by atoms with Gasteiger partial charge in [-0.15, -0.1) is 0 Å². The lowest BCUT2D eigenvalue weighted by Crippen LogP contribution is -2.25. The summed E-state index contributed by atoms with van der Waals surface area (Å²) in [6.45, 7) is 2.51.